The number of carbonyl (C=O) groups is 2. The molecule has 0 spiro atoms. The van der Waals surface area contributed by atoms with Gasteiger partial charge in [0.05, 0.1) is 18.7 Å². The molecule has 0 radical (unpaired) electrons. The molecule has 1 aliphatic rings. The zero-order valence-electron chi connectivity index (χ0n) is 18.3. The van der Waals surface area contributed by atoms with Gasteiger partial charge < -0.3 is 20.1 Å². The Morgan fingerprint density at radius 2 is 1.72 bits per heavy atom. The number of rotatable bonds is 6. The second-order valence-electron chi connectivity index (χ2n) is 7.98. The Hall–Kier alpha value is -3.80. The minimum absolute atomic E-state index is 0.0821. The molecular formula is C26H26N2O4. The lowest BCUT2D eigenvalue weighted by molar-refractivity contribution is -0.136. The highest BCUT2D eigenvalue weighted by atomic mass is 16.5. The molecule has 4 rings (SSSR count). The Kier molecular flexibility index (Phi) is 6.12. The van der Waals surface area contributed by atoms with Crippen molar-refractivity contribution in [1.82, 2.24) is 10.6 Å². The van der Waals surface area contributed by atoms with Gasteiger partial charge in [0, 0.05) is 11.3 Å². The smallest absolute Gasteiger partial charge is 0.337 e. The first kappa shape index (κ1) is 21.4. The number of benzene rings is 3. The highest BCUT2D eigenvalue weighted by Crippen LogP contribution is 2.40. The molecule has 0 fully saturated rings. The summed E-state index contributed by atoms with van der Waals surface area (Å²) in [6, 6.07) is 20.5. The minimum atomic E-state index is -0.717. The molecule has 1 unspecified atom stereocenters. The third kappa shape index (κ3) is 4.17. The van der Waals surface area contributed by atoms with Crippen LogP contribution in [-0.4, -0.2) is 19.1 Å². The number of ether oxygens (including phenoxy) is 2. The summed E-state index contributed by atoms with van der Waals surface area (Å²) in [6.07, 6.45) is 0. The number of carbonyl (C=O) groups excluding carboxylic acids is 2. The van der Waals surface area contributed by atoms with Crippen molar-refractivity contribution in [2.45, 2.75) is 26.5 Å². The normalized spacial score (nSPS) is 16.0. The van der Waals surface area contributed by atoms with E-state index in [0.29, 0.717) is 23.6 Å². The number of esters is 1. The first-order chi connectivity index (χ1) is 15.5. The maximum Gasteiger partial charge on any atom is 0.337 e. The number of fused-ring (bicyclic) bond motifs is 1. The lowest BCUT2D eigenvalue weighted by Crippen LogP contribution is -2.47. The van der Waals surface area contributed by atoms with E-state index in [4.69, 9.17) is 9.47 Å². The van der Waals surface area contributed by atoms with Crippen molar-refractivity contribution in [1.29, 1.82) is 0 Å². The molecule has 0 aromatic heterocycles. The highest BCUT2D eigenvalue weighted by molar-refractivity contribution is 5.98. The second-order valence-corrected chi connectivity index (χ2v) is 7.98. The van der Waals surface area contributed by atoms with Gasteiger partial charge in [-0.15, -0.1) is 0 Å². The summed E-state index contributed by atoms with van der Waals surface area (Å²) < 4.78 is 11.3. The van der Waals surface area contributed by atoms with Gasteiger partial charge in [0.15, 0.2) is 0 Å². The summed E-state index contributed by atoms with van der Waals surface area (Å²) in [5.74, 6) is 0.0266. The van der Waals surface area contributed by atoms with Crippen LogP contribution in [0.15, 0.2) is 78.0 Å². The average molecular weight is 431 g/mol. The summed E-state index contributed by atoms with van der Waals surface area (Å²) in [6.45, 7) is 4.22. The van der Waals surface area contributed by atoms with Gasteiger partial charge in [-0.05, 0) is 28.3 Å². The van der Waals surface area contributed by atoms with E-state index in [2.05, 4.69) is 10.6 Å². The fraction of sp³-hybridized carbons (Fsp3) is 0.231. The van der Waals surface area contributed by atoms with Crippen LogP contribution in [0.2, 0.25) is 0 Å². The zero-order chi connectivity index (χ0) is 22.7. The van der Waals surface area contributed by atoms with Gasteiger partial charge >= 0.3 is 12.0 Å². The van der Waals surface area contributed by atoms with Crippen LogP contribution >= 0.6 is 0 Å². The minimum Gasteiger partial charge on any atom is -0.489 e. The maximum absolute atomic E-state index is 12.9. The molecule has 0 saturated carbocycles. The van der Waals surface area contributed by atoms with E-state index < -0.39 is 12.0 Å². The van der Waals surface area contributed by atoms with E-state index in [1.807, 2.05) is 80.6 Å². The summed E-state index contributed by atoms with van der Waals surface area (Å²) in [7, 11) is 1.34. The molecular weight excluding hydrogens is 404 g/mol. The number of nitrogens with one attached hydrogen (secondary N) is 2. The Morgan fingerprint density at radius 1 is 1.00 bits per heavy atom. The van der Waals surface area contributed by atoms with Gasteiger partial charge in [-0.3, -0.25) is 0 Å². The first-order valence-electron chi connectivity index (χ1n) is 10.6. The highest BCUT2D eigenvalue weighted by Gasteiger charge is 2.36. The van der Waals surface area contributed by atoms with Gasteiger partial charge in [0.25, 0.3) is 0 Å². The number of hydrogen-bond donors (Lipinski definition) is 2. The molecule has 2 amide bonds. The Bertz CT molecular complexity index is 1180. The standard InChI is InChI=1S/C26H26N2O4/c1-16(2)23-22(25(29)31-3)24(28-26(30)27-23)21-19-12-8-7-11-18(19)13-14-20(21)32-15-17-9-5-4-6-10-17/h4-14,16,24H,15H2,1-3H3,(H2,27,28,30). The number of allylic oxidation sites excluding steroid dienone is 1. The molecule has 0 aliphatic carbocycles. The summed E-state index contributed by atoms with van der Waals surface area (Å²) >= 11 is 0. The molecule has 1 aliphatic heterocycles. The van der Waals surface area contributed by atoms with Gasteiger partial charge in [-0.1, -0.05) is 74.5 Å². The van der Waals surface area contributed by atoms with Crippen LogP contribution in [0.25, 0.3) is 10.8 Å². The fourth-order valence-corrected chi connectivity index (χ4v) is 4.03. The van der Waals surface area contributed by atoms with Crippen molar-refractivity contribution in [3.05, 3.63) is 89.1 Å². The van der Waals surface area contributed by atoms with Crippen molar-refractivity contribution < 1.29 is 19.1 Å². The second kappa shape index (κ2) is 9.14. The van der Waals surface area contributed by atoms with E-state index in [0.717, 1.165) is 21.9 Å². The Balaban J connectivity index is 1.89. The van der Waals surface area contributed by atoms with E-state index >= 15 is 0 Å². The molecule has 1 heterocycles. The molecule has 6 nitrogen and oxygen atoms in total. The summed E-state index contributed by atoms with van der Waals surface area (Å²) in [4.78, 5) is 25.5. The third-order valence-corrected chi connectivity index (χ3v) is 5.54. The quantitative estimate of drug-likeness (QED) is 0.548. The number of hydrogen-bond acceptors (Lipinski definition) is 4. The van der Waals surface area contributed by atoms with Crippen LogP contribution in [0.3, 0.4) is 0 Å². The van der Waals surface area contributed by atoms with E-state index in [1.54, 1.807) is 0 Å². The molecule has 2 N–H and O–H groups in total. The number of urea groups is 1. The van der Waals surface area contributed by atoms with Crippen LogP contribution in [0.1, 0.15) is 31.0 Å². The molecule has 0 saturated heterocycles. The van der Waals surface area contributed by atoms with Crippen molar-refractivity contribution in [2.75, 3.05) is 7.11 Å². The Morgan fingerprint density at radius 3 is 2.44 bits per heavy atom. The van der Waals surface area contributed by atoms with Crippen molar-refractivity contribution in [2.24, 2.45) is 5.92 Å². The van der Waals surface area contributed by atoms with E-state index in [1.165, 1.54) is 7.11 Å². The predicted molar refractivity (Wildman–Crippen MR) is 123 cm³/mol. The van der Waals surface area contributed by atoms with Crippen LogP contribution in [0, 0.1) is 5.92 Å². The monoisotopic (exact) mass is 430 g/mol. The zero-order valence-corrected chi connectivity index (χ0v) is 18.3. The van der Waals surface area contributed by atoms with Crippen LogP contribution < -0.4 is 15.4 Å². The topological polar surface area (TPSA) is 76.7 Å². The Labute approximate surface area is 187 Å². The van der Waals surface area contributed by atoms with Crippen molar-refractivity contribution in [3.8, 4) is 5.75 Å². The first-order valence-corrected chi connectivity index (χ1v) is 10.6. The lowest BCUT2D eigenvalue weighted by atomic mass is 9.88. The third-order valence-electron chi connectivity index (χ3n) is 5.54. The molecule has 6 heteroatoms. The molecule has 164 valence electrons. The van der Waals surface area contributed by atoms with Crippen LogP contribution in [0.5, 0.6) is 5.75 Å². The number of amides is 2. The van der Waals surface area contributed by atoms with Crippen LogP contribution in [-0.2, 0) is 16.1 Å². The van der Waals surface area contributed by atoms with Crippen molar-refractivity contribution >= 4 is 22.8 Å². The average Bonchev–Trinajstić information content (AvgIpc) is 2.81. The maximum atomic E-state index is 12.9. The predicted octanol–water partition coefficient (Wildman–Crippen LogP) is 4.86. The molecule has 0 bridgehead atoms. The van der Waals surface area contributed by atoms with Gasteiger partial charge in [-0.2, -0.15) is 0 Å². The van der Waals surface area contributed by atoms with Crippen LogP contribution in [0.4, 0.5) is 4.79 Å². The molecule has 32 heavy (non-hydrogen) atoms. The summed E-state index contributed by atoms with van der Waals surface area (Å²) in [5.41, 5.74) is 2.68. The number of methoxy groups -OCH3 is 1. The van der Waals surface area contributed by atoms with Gasteiger partial charge in [0.2, 0.25) is 0 Å². The fourth-order valence-electron chi connectivity index (χ4n) is 4.03. The van der Waals surface area contributed by atoms with Gasteiger partial charge in [0.1, 0.15) is 12.4 Å². The van der Waals surface area contributed by atoms with Gasteiger partial charge in [-0.25, -0.2) is 9.59 Å². The SMILES string of the molecule is COC(=O)C1=C(C(C)C)NC(=O)NC1c1c(OCc2ccccc2)ccc2ccccc12. The molecule has 3 aromatic rings. The lowest BCUT2D eigenvalue weighted by Gasteiger charge is -2.32. The van der Waals surface area contributed by atoms with Crippen molar-refractivity contribution in [3.63, 3.8) is 0 Å². The molecule has 1 atom stereocenters. The summed E-state index contributed by atoms with van der Waals surface area (Å²) in [5, 5.41) is 7.60. The molecule has 3 aromatic carbocycles. The van der Waals surface area contributed by atoms with E-state index in [-0.39, 0.29) is 11.9 Å². The largest absolute Gasteiger partial charge is 0.489 e. The van der Waals surface area contributed by atoms with E-state index in [9.17, 15) is 9.59 Å².